The lowest BCUT2D eigenvalue weighted by Gasteiger charge is -2.09. The maximum absolute atomic E-state index is 5.15. The maximum atomic E-state index is 5.15. The summed E-state index contributed by atoms with van der Waals surface area (Å²) < 4.78 is 5.15. The number of unbranched alkanes of at least 4 members (excludes halogenated alkanes) is 2. The number of hydrogen-bond acceptors (Lipinski definition) is 5. The summed E-state index contributed by atoms with van der Waals surface area (Å²) in [5, 5.41) is 6.63. The fourth-order valence-corrected chi connectivity index (χ4v) is 2.08. The van der Waals surface area contributed by atoms with Crippen molar-refractivity contribution >= 4 is 11.6 Å². The zero-order valence-electron chi connectivity index (χ0n) is 13.3. The van der Waals surface area contributed by atoms with Crippen LogP contribution in [0.4, 0.5) is 11.6 Å². The SMILES string of the molecule is CCCCCNc1cc(NCc2ccc(OC)cc2)ncn1. The van der Waals surface area contributed by atoms with Gasteiger partial charge in [0.15, 0.2) is 0 Å². The van der Waals surface area contributed by atoms with E-state index in [0.29, 0.717) is 0 Å². The monoisotopic (exact) mass is 300 g/mol. The van der Waals surface area contributed by atoms with Gasteiger partial charge in [-0.25, -0.2) is 9.97 Å². The summed E-state index contributed by atoms with van der Waals surface area (Å²) in [6, 6.07) is 9.93. The van der Waals surface area contributed by atoms with Crippen molar-refractivity contribution in [2.24, 2.45) is 0 Å². The van der Waals surface area contributed by atoms with Gasteiger partial charge in [0.2, 0.25) is 0 Å². The third kappa shape index (κ3) is 5.24. The van der Waals surface area contributed by atoms with Gasteiger partial charge in [0, 0.05) is 19.2 Å². The van der Waals surface area contributed by atoms with Gasteiger partial charge in [-0.1, -0.05) is 31.9 Å². The largest absolute Gasteiger partial charge is 0.497 e. The van der Waals surface area contributed by atoms with E-state index in [9.17, 15) is 0 Å². The summed E-state index contributed by atoms with van der Waals surface area (Å²) in [5.74, 6) is 2.55. The lowest BCUT2D eigenvalue weighted by Crippen LogP contribution is -2.06. The molecule has 0 aliphatic carbocycles. The van der Waals surface area contributed by atoms with E-state index < -0.39 is 0 Å². The van der Waals surface area contributed by atoms with Crippen LogP contribution in [0.25, 0.3) is 0 Å². The minimum absolute atomic E-state index is 0.719. The topological polar surface area (TPSA) is 59.1 Å². The Bertz CT molecular complexity index is 557. The molecule has 1 aromatic carbocycles. The average Bonchev–Trinajstić information content (AvgIpc) is 2.58. The highest BCUT2D eigenvalue weighted by atomic mass is 16.5. The smallest absolute Gasteiger partial charge is 0.131 e. The number of nitrogens with one attached hydrogen (secondary N) is 2. The van der Waals surface area contributed by atoms with Gasteiger partial charge < -0.3 is 15.4 Å². The standard InChI is InChI=1S/C17H24N4O/c1-3-4-5-10-18-16-11-17(21-13-20-16)19-12-14-6-8-15(22-2)9-7-14/h6-9,11,13H,3-5,10,12H2,1-2H3,(H2,18,19,20,21). The molecule has 0 unspecified atom stereocenters. The highest BCUT2D eigenvalue weighted by molar-refractivity contribution is 5.46. The lowest BCUT2D eigenvalue weighted by atomic mass is 10.2. The predicted octanol–water partition coefficient (Wildman–Crippen LogP) is 3.70. The van der Waals surface area contributed by atoms with Crippen LogP contribution in [0.1, 0.15) is 31.7 Å². The van der Waals surface area contributed by atoms with Crippen molar-refractivity contribution in [3.63, 3.8) is 0 Å². The molecule has 0 fully saturated rings. The molecule has 0 saturated carbocycles. The number of aromatic nitrogens is 2. The number of ether oxygens (including phenoxy) is 1. The van der Waals surface area contributed by atoms with Gasteiger partial charge >= 0.3 is 0 Å². The van der Waals surface area contributed by atoms with Crippen molar-refractivity contribution < 1.29 is 4.74 Å². The Morgan fingerprint density at radius 1 is 1.00 bits per heavy atom. The molecule has 2 N–H and O–H groups in total. The van der Waals surface area contributed by atoms with E-state index in [0.717, 1.165) is 36.9 Å². The lowest BCUT2D eigenvalue weighted by molar-refractivity contribution is 0.414. The Morgan fingerprint density at radius 3 is 2.41 bits per heavy atom. The molecule has 0 bridgehead atoms. The fraction of sp³-hybridized carbons (Fsp3) is 0.412. The van der Waals surface area contributed by atoms with Crippen LogP contribution < -0.4 is 15.4 Å². The number of rotatable bonds is 9. The second kappa shape index (κ2) is 8.87. The van der Waals surface area contributed by atoms with Crippen LogP contribution >= 0.6 is 0 Å². The van der Waals surface area contributed by atoms with E-state index in [1.54, 1.807) is 13.4 Å². The van der Waals surface area contributed by atoms with Crippen LogP contribution in [-0.4, -0.2) is 23.6 Å². The maximum Gasteiger partial charge on any atom is 0.131 e. The number of methoxy groups -OCH3 is 1. The molecule has 0 radical (unpaired) electrons. The number of hydrogen-bond donors (Lipinski definition) is 2. The molecule has 1 aromatic heterocycles. The zero-order chi connectivity index (χ0) is 15.6. The number of benzene rings is 1. The van der Waals surface area contributed by atoms with E-state index >= 15 is 0 Å². The molecule has 118 valence electrons. The fourth-order valence-electron chi connectivity index (χ4n) is 2.08. The Morgan fingerprint density at radius 2 is 1.73 bits per heavy atom. The van der Waals surface area contributed by atoms with Crippen molar-refractivity contribution in [1.82, 2.24) is 9.97 Å². The van der Waals surface area contributed by atoms with Gasteiger partial charge in [0.05, 0.1) is 7.11 Å². The Balaban J connectivity index is 1.84. The van der Waals surface area contributed by atoms with Crippen molar-refractivity contribution in [1.29, 1.82) is 0 Å². The third-order valence-electron chi connectivity index (χ3n) is 3.39. The zero-order valence-corrected chi connectivity index (χ0v) is 13.3. The first-order valence-electron chi connectivity index (χ1n) is 7.74. The Labute approximate surface area is 132 Å². The van der Waals surface area contributed by atoms with Gasteiger partial charge in [-0.05, 0) is 24.1 Å². The Hall–Kier alpha value is -2.30. The van der Waals surface area contributed by atoms with Crippen LogP contribution in [0, 0.1) is 0 Å². The van der Waals surface area contributed by atoms with Crippen LogP contribution in [-0.2, 0) is 6.54 Å². The van der Waals surface area contributed by atoms with Crippen LogP contribution in [0.5, 0.6) is 5.75 Å². The van der Waals surface area contributed by atoms with E-state index in [-0.39, 0.29) is 0 Å². The first-order valence-corrected chi connectivity index (χ1v) is 7.74. The van der Waals surface area contributed by atoms with Crippen LogP contribution in [0.3, 0.4) is 0 Å². The molecular formula is C17H24N4O. The molecule has 0 amide bonds. The average molecular weight is 300 g/mol. The molecule has 5 heteroatoms. The molecular weight excluding hydrogens is 276 g/mol. The molecule has 0 aliphatic heterocycles. The third-order valence-corrected chi connectivity index (χ3v) is 3.39. The van der Waals surface area contributed by atoms with Gasteiger partial charge in [0.1, 0.15) is 23.7 Å². The van der Waals surface area contributed by atoms with E-state index in [2.05, 4.69) is 27.5 Å². The number of anilines is 2. The van der Waals surface area contributed by atoms with Crippen LogP contribution in [0.2, 0.25) is 0 Å². The second-order valence-electron chi connectivity index (χ2n) is 5.12. The summed E-state index contributed by atoms with van der Waals surface area (Å²) in [4.78, 5) is 8.48. The molecule has 22 heavy (non-hydrogen) atoms. The summed E-state index contributed by atoms with van der Waals surface area (Å²) in [6.07, 6.45) is 5.20. The summed E-state index contributed by atoms with van der Waals surface area (Å²) >= 11 is 0. The van der Waals surface area contributed by atoms with Gasteiger partial charge in [-0.15, -0.1) is 0 Å². The normalized spacial score (nSPS) is 10.3. The van der Waals surface area contributed by atoms with E-state index in [4.69, 9.17) is 4.74 Å². The summed E-state index contributed by atoms with van der Waals surface area (Å²) in [6.45, 7) is 3.87. The molecule has 0 spiro atoms. The van der Waals surface area contributed by atoms with Crippen molar-refractivity contribution in [2.75, 3.05) is 24.3 Å². The quantitative estimate of drug-likeness (QED) is 0.692. The van der Waals surface area contributed by atoms with Gasteiger partial charge in [-0.3, -0.25) is 0 Å². The molecule has 2 aromatic rings. The molecule has 1 heterocycles. The van der Waals surface area contributed by atoms with E-state index in [1.165, 1.54) is 18.4 Å². The highest BCUT2D eigenvalue weighted by Crippen LogP contribution is 2.14. The van der Waals surface area contributed by atoms with Crippen LogP contribution in [0.15, 0.2) is 36.7 Å². The minimum Gasteiger partial charge on any atom is -0.497 e. The summed E-state index contributed by atoms with van der Waals surface area (Å²) in [7, 11) is 1.67. The van der Waals surface area contributed by atoms with Gasteiger partial charge in [0.25, 0.3) is 0 Å². The molecule has 0 aliphatic rings. The second-order valence-corrected chi connectivity index (χ2v) is 5.12. The highest BCUT2D eigenvalue weighted by Gasteiger charge is 1.99. The molecule has 5 nitrogen and oxygen atoms in total. The molecule has 0 atom stereocenters. The first kappa shape index (κ1) is 16.1. The number of nitrogens with zero attached hydrogens (tertiary/aromatic N) is 2. The van der Waals surface area contributed by atoms with Crippen molar-refractivity contribution in [3.8, 4) is 5.75 Å². The molecule has 0 saturated heterocycles. The molecule has 2 rings (SSSR count). The Kier molecular flexibility index (Phi) is 6.48. The van der Waals surface area contributed by atoms with Crippen molar-refractivity contribution in [2.45, 2.75) is 32.7 Å². The predicted molar refractivity (Wildman–Crippen MR) is 90.4 cm³/mol. The van der Waals surface area contributed by atoms with Crippen molar-refractivity contribution in [3.05, 3.63) is 42.2 Å². The van der Waals surface area contributed by atoms with E-state index in [1.807, 2.05) is 30.3 Å². The first-order chi connectivity index (χ1) is 10.8. The van der Waals surface area contributed by atoms with Gasteiger partial charge in [-0.2, -0.15) is 0 Å². The minimum atomic E-state index is 0.719. The summed E-state index contributed by atoms with van der Waals surface area (Å²) in [5.41, 5.74) is 1.18.